The van der Waals surface area contributed by atoms with Crippen LogP contribution in [0.5, 0.6) is 0 Å². The van der Waals surface area contributed by atoms with E-state index in [-0.39, 0.29) is 6.04 Å². The molecular formula is C11H19N3O. The van der Waals surface area contributed by atoms with Gasteiger partial charge in [-0.1, -0.05) is 0 Å². The number of ether oxygens (including phenoxy) is 1. The molecule has 15 heavy (non-hydrogen) atoms. The fourth-order valence-corrected chi connectivity index (χ4v) is 1.25. The van der Waals surface area contributed by atoms with Crippen molar-refractivity contribution in [3.63, 3.8) is 0 Å². The molecule has 4 nitrogen and oxygen atoms in total. The first-order valence-electron chi connectivity index (χ1n) is 5.06. The third kappa shape index (κ3) is 3.49. The molecule has 0 bridgehead atoms. The number of rotatable bonds is 5. The number of hydrogen-bond donors (Lipinski definition) is 1. The van der Waals surface area contributed by atoms with Crippen molar-refractivity contribution >= 4 is 5.69 Å². The molecule has 0 aliphatic carbocycles. The van der Waals surface area contributed by atoms with Crippen LogP contribution in [0, 0.1) is 0 Å². The van der Waals surface area contributed by atoms with Crippen molar-refractivity contribution in [2.24, 2.45) is 5.73 Å². The number of likely N-dealkylation sites (N-methyl/N-ethyl adjacent to an activating group) is 1. The Morgan fingerprint density at radius 3 is 2.73 bits per heavy atom. The number of aromatic nitrogens is 1. The summed E-state index contributed by atoms with van der Waals surface area (Å²) in [5.41, 5.74) is 7.72. The molecule has 0 spiro atoms. The highest BCUT2D eigenvalue weighted by atomic mass is 16.5. The Hall–Kier alpha value is -1.13. The van der Waals surface area contributed by atoms with Crippen LogP contribution in [0.4, 0.5) is 5.69 Å². The topological polar surface area (TPSA) is 51.4 Å². The first-order valence-corrected chi connectivity index (χ1v) is 5.06. The Labute approximate surface area is 91.1 Å². The summed E-state index contributed by atoms with van der Waals surface area (Å²) < 4.78 is 5.01. The van der Waals surface area contributed by atoms with E-state index in [1.165, 1.54) is 0 Å². The maximum atomic E-state index is 5.72. The van der Waals surface area contributed by atoms with E-state index in [1.807, 2.05) is 32.3 Å². The van der Waals surface area contributed by atoms with E-state index in [0.717, 1.165) is 17.9 Å². The van der Waals surface area contributed by atoms with Gasteiger partial charge in [-0.3, -0.25) is 4.98 Å². The molecule has 84 valence electrons. The molecule has 0 saturated carbocycles. The molecule has 4 heteroatoms. The molecule has 0 aliphatic rings. The van der Waals surface area contributed by atoms with Gasteiger partial charge in [0.05, 0.1) is 24.2 Å². The number of pyridine rings is 1. The van der Waals surface area contributed by atoms with Crippen LogP contribution in [-0.4, -0.2) is 32.3 Å². The van der Waals surface area contributed by atoms with E-state index < -0.39 is 0 Å². The van der Waals surface area contributed by atoms with Gasteiger partial charge >= 0.3 is 0 Å². The second-order valence-corrected chi connectivity index (χ2v) is 3.64. The van der Waals surface area contributed by atoms with Crippen molar-refractivity contribution in [2.45, 2.75) is 13.0 Å². The lowest BCUT2D eigenvalue weighted by Crippen LogP contribution is -2.22. The van der Waals surface area contributed by atoms with Crippen LogP contribution in [0.1, 0.15) is 18.7 Å². The highest BCUT2D eigenvalue weighted by molar-refractivity contribution is 5.43. The summed E-state index contributed by atoms with van der Waals surface area (Å²) in [4.78, 5) is 6.40. The van der Waals surface area contributed by atoms with Gasteiger partial charge in [0.1, 0.15) is 0 Å². The van der Waals surface area contributed by atoms with E-state index in [9.17, 15) is 0 Å². The average molecular weight is 209 g/mol. The fourth-order valence-electron chi connectivity index (χ4n) is 1.25. The first kappa shape index (κ1) is 11.9. The highest BCUT2D eigenvalue weighted by Crippen LogP contribution is 2.13. The van der Waals surface area contributed by atoms with Crippen LogP contribution in [0.2, 0.25) is 0 Å². The van der Waals surface area contributed by atoms with Crippen LogP contribution in [0.15, 0.2) is 18.3 Å². The Morgan fingerprint density at radius 2 is 2.27 bits per heavy atom. The summed E-state index contributed by atoms with van der Waals surface area (Å²) in [5.74, 6) is 0. The summed E-state index contributed by atoms with van der Waals surface area (Å²) in [6, 6.07) is 3.98. The fraction of sp³-hybridized carbons (Fsp3) is 0.545. The maximum Gasteiger partial charge on any atom is 0.0637 e. The Kier molecular flexibility index (Phi) is 4.52. The lowest BCUT2D eigenvalue weighted by molar-refractivity contribution is 0.206. The quantitative estimate of drug-likeness (QED) is 0.791. The number of hydrogen-bond acceptors (Lipinski definition) is 4. The molecule has 0 aliphatic heterocycles. The monoisotopic (exact) mass is 209 g/mol. The predicted octanol–water partition coefficient (Wildman–Crippen LogP) is 1.18. The van der Waals surface area contributed by atoms with Crippen LogP contribution < -0.4 is 10.6 Å². The molecule has 1 unspecified atom stereocenters. The van der Waals surface area contributed by atoms with Crippen LogP contribution in [-0.2, 0) is 4.74 Å². The number of anilines is 1. The zero-order valence-corrected chi connectivity index (χ0v) is 9.60. The van der Waals surface area contributed by atoms with Gasteiger partial charge in [-0.15, -0.1) is 0 Å². The smallest absolute Gasteiger partial charge is 0.0637 e. The zero-order valence-electron chi connectivity index (χ0n) is 9.60. The second kappa shape index (κ2) is 5.68. The van der Waals surface area contributed by atoms with Gasteiger partial charge in [0.2, 0.25) is 0 Å². The lowest BCUT2D eigenvalue weighted by Gasteiger charge is -2.18. The standard InChI is InChI=1S/C11H19N3O/c1-9(12)11-5-4-10(8-13-11)14(2)6-7-15-3/h4-5,8-9H,6-7,12H2,1-3H3. The van der Waals surface area contributed by atoms with Crippen molar-refractivity contribution in [1.29, 1.82) is 0 Å². The largest absolute Gasteiger partial charge is 0.383 e. The maximum absolute atomic E-state index is 5.72. The summed E-state index contributed by atoms with van der Waals surface area (Å²) in [6.07, 6.45) is 1.84. The summed E-state index contributed by atoms with van der Waals surface area (Å²) in [7, 11) is 3.72. The van der Waals surface area contributed by atoms with E-state index in [0.29, 0.717) is 6.61 Å². The molecule has 1 aromatic heterocycles. The number of methoxy groups -OCH3 is 1. The van der Waals surface area contributed by atoms with Gasteiger partial charge in [-0.2, -0.15) is 0 Å². The molecule has 1 aromatic rings. The summed E-state index contributed by atoms with van der Waals surface area (Å²) in [6.45, 7) is 3.50. The minimum atomic E-state index is -0.0108. The normalized spacial score (nSPS) is 12.5. The van der Waals surface area contributed by atoms with Gasteiger partial charge in [-0.05, 0) is 19.1 Å². The van der Waals surface area contributed by atoms with E-state index >= 15 is 0 Å². The van der Waals surface area contributed by atoms with Gasteiger partial charge in [0, 0.05) is 26.7 Å². The predicted molar refractivity (Wildman–Crippen MR) is 62.0 cm³/mol. The Bertz CT molecular complexity index is 284. The number of nitrogens with two attached hydrogens (primary N) is 1. The summed E-state index contributed by atoms with van der Waals surface area (Å²) >= 11 is 0. The van der Waals surface area contributed by atoms with Crippen molar-refractivity contribution in [2.75, 3.05) is 32.2 Å². The molecular weight excluding hydrogens is 190 g/mol. The van der Waals surface area contributed by atoms with Gasteiger partial charge < -0.3 is 15.4 Å². The summed E-state index contributed by atoms with van der Waals surface area (Å²) in [5, 5.41) is 0. The second-order valence-electron chi connectivity index (χ2n) is 3.64. The van der Waals surface area contributed by atoms with E-state index in [2.05, 4.69) is 9.88 Å². The van der Waals surface area contributed by atoms with Crippen molar-refractivity contribution < 1.29 is 4.74 Å². The average Bonchev–Trinajstić information content (AvgIpc) is 2.26. The highest BCUT2D eigenvalue weighted by Gasteiger charge is 2.03. The SMILES string of the molecule is COCCN(C)c1ccc(C(C)N)nc1. The first-order chi connectivity index (χ1) is 7.15. The minimum Gasteiger partial charge on any atom is -0.383 e. The third-order valence-electron chi connectivity index (χ3n) is 2.31. The van der Waals surface area contributed by atoms with Crippen molar-refractivity contribution in [3.05, 3.63) is 24.0 Å². The zero-order chi connectivity index (χ0) is 11.3. The minimum absolute atomic E-state index is 0.0108. The van der Waals surface area contributed by atoms with Crippen LogP contribution >= 0.6 is 0 Å². The van der Waals surface area contributed by atoms with Gasteiger partial charge in [-0.25, -0.2) is 0 Å². The molecule has 0 saturated heterocycles. The molecule has 1 atom stereocenters. The van der Waals surface area contributed by atoms with Gasteiger partial charge in [0.15, 0.2) is 0 Å². The molecule has 2 N–H and O–H groups in total. The van der Waals surface area contributed by atoms with E-state index in [1.54, 1.807) is 7.11 Å². The van der Waals surface area contributed by atoms with Gasteiger partial charge in [0.25, 0.3) is 0 Å². The number of nitrogens with zero attached hydrogens (tertiary/aromatic N) is 2. The van der Waals surface area contributed by atoms with Crippen molar-refractivity contribution in [3.8, 4) is 0 Å². The van der Waals surface area contributed by atoms with Crippen LogP contribution in [0.25, 0.3) is 0 Å². The Balaban J connectivity index is 2.62. The third-order valence-corrected chi connectivity index (χ3v) is 2.31. The lowest BCUT2D eigenvalue weighted by atomic mass is 10.2. The Morgan fingerprint density at radius 1 is 1.53 bits per heavy atom. The van der Waals surface area contributed by atoms with Crippen molar-refractivity contribution in [1.82, 2.24) is 4.98 Å². The van der Waals surface area contributed by atoms with Crippen LogP contribution in [0.3, 0.4) is 0 Å². The molecule has 0 fully saturated rings. The molecule has 0 aromatic carbocycles. The molecule has 0 radical (unpaired) electrons. The molecule has 1 heterocycles. The molecule has 1 rings (SSSR count). The molecule has 0 amide bonds. The van der Waals surface area contributed by atoms with E-state index in [4.69, 9.17) is 10.5 Å².